The third kappa shape index (κ3) is 2.14. The summed E-state index contributed by atoms with van der Waals surface area (Å²) in [7, 11) is 0. The highest BCUT2D eigenvalue weighted by atomic mass is 79.9. The van der Waals surface area contributed by atoms with Gasteiger partial charge in [-0.1, -0.05) is 18.5 Å². The number of hydrogen-bond acceptors (Lipinski definition) is 1. The van der Waals surface area contributed by atoms with Crippen molar-refractivity contribution in [2.75, 3.05) is 6.61 Å². The van der Waals surface area contributed by atoms with Gasteiger partial charge in [-0.25, -0.2) is 13.2 Å². The van der Waals surface area contributed by atoms with Crippen LogP contribution in [0.1, 0.15) is 18.4 Å². The lowest BCUT2D eigenvalue weighted by molar-refractivity contribution is 0.268. The van der Waals surface area contributed by atoms with E-state index < -0.39 is 35.0 Å². The Morgan fingerprint density at radius 3 is 2.27 bits per heavy atom. The van der Waals surface area contributed by atoms with E-state index in [2.05, 4.69) is 15.9 Å². The van der Waals surface area contributed by atoms with Crippen LogP contribution in [0.5, 0.6) is 0 Å². The minimum absolute atomic E-state index is 0.253. The van der Waals surface area contributed by atoms with Crippen molar-refractivity contribution in [3.63, 3.8) is 0 Å². The molecule has 0 aromatic heterocycles. The van der Waals surface area contributed by atoms with Crippen LogP contribution in [0.2, 0.25) is 5.02 Å². The van der Waals surface area contributed by atoms with Gasteiger partial charge in [0.05, 0.1) is 4.47 Å². The van der Waals surface area contributed by atoms with Gasteiger partial charge < -0.3 is 5.11 Å². The van der Waals surface area contributed by atoms with Crippen LogP contribution < -0.4 is 0 Å². The van der Waals surface area contributed by atoms with Crippen LogP contribution in [-0.2, 0) is 0 Å². The van der Waals surface area contributed by atoms with Gasteiger partial charge in [-0.05, 0) is 15.9 Å². The van der Waals surface area contributed by atoms with Crippen LogP contribution in [0.3, 0.4) is 0 Å². The lowest BCUT2D eigenvalue weighted by atomic mass is 10.0. The molecule has 0 saturated carbocycles. The fraction of sp³-hybridized carbons (Fsp3) is 0.333. The molecule has 1 rings (SSSR count). The number of aliphatic hydroxyl groups is 1. The zero-order valence-electron chi connectivity index (χ0n) is 7.62. The molecular formula is C9H7BrClF3O. The summed E-state index contributed by atoms with van der Waals surface area (Å²) < 4.78 is 39.5. The normalized spacial score (nSPS) is 13.0. The maximum atomic E-state index is 13.4. The maximum absolute atomic E-state index is 13.4. The Balaban J connectivity index is 3.52. The monoisotopic (exact) mass is 302 g/mol. The molecule has 0 bridgehead atoms. The molecule has 1 aromatic rings. The highest BCUT2D eigenvalue weighted by Crippen LogP contribution is 2.36. The van der Waals surface area contributed by atoms with Gasteiger partial charge in [0, 0.05) is 18.1 Å². The third-order valence-electron chi connectivity index (χ3n) is 2.01. The molecule has 15 heavy (non-hydrogen) atoms. The topological polar surface area (TPSA) is 20.2 Å². The average molecular weight is 304 g/mol. The smallest absolute Gasteiger partial charge is 0.180 e. The molecule has 0 aliphatic heterocycles. The summed E-state index contributed by atoms with van der Waals surface area (Å²) in [5, 5.41) is 7.93. The molecule has 0 spiro atoms. The molecule has 0 saturated heterocycles. The van der Waals surface area contributed by atoms with Crippen LogP contribution in [0.4, 0.5) is 13.2 Å². The Hall–Kier alpha value is -0.260. The fourth-order valence-electron chi connectivity index (χ4n) is 1.15. The van der Waals surface area contributed by atoms with Crippen molar-refractivity contribution < 1.29 is 18.3 Å². The molecular weight excluding hydrogens is 296 g/mol. The quantitative estimate of drug-likeness (QED) is 0.653. The van der Waals surface area contributed by atoms with Gasteiger partial charge in [0.1, 0.15) is 5.02 Å². The van der Waals surface area contributed by atoms with E-state index in [1.807, 2.05) is 0 Å². The van der Waals surface area contributed by atoms with E-state index >= 15 is 0 Å². The predicted octanol–water partition coefficient (Wildman–Crippen LogP) is 3.62. The second kappa shape index (κ2) is 4.72. The van der Waals surface area contributed by atoms with Crippen molar-refractivity contribution in [1.29, 1.82) is 0 Å². The summed E-state index contributed by atoms with van der Waals surface area (Å²) in [6.07, 6.45) is 0. The van der Waals surface area contributed by atoms with Gasteiger partial charge in [0.2, 0.25) is 0 Å². The van der Waals surface area contributed by atoms with E-state index in [0.29, 0.717) is 0 Å². The van der Waals surface area contributed by atoms with E-state index in [1.165, 1.54) is 6.92 Å². The van der Waals surface area contributed by atoms with Gasteiger partial charge in [-0.15, -0.1) is 0 Å². The van der Waals surface area contributed by atoms with Crippen LogP contribution in [0.15, 0.2) is 4.47 Å². The average Bonchev–Trinajstić information content (AvgIpc) is 2.23. The first-order chi connectivity index (χ1) is 6.91. The summed E-state index contributed by atoms with van der Waals surface area (Å²) in [6.45, 7) is 1.02. The standard InChI is InChI=1S/C9H7BrClF3O/c1-3(2-15)4-5(10)8(13)6(11)9(14)7(4)12/h3,15H,2H2,1H3. The van der Waals surface area contributed by atoms with E-state index in [-0.39, 0.29) is 10.0 Å². The number of benzene rings is 1. The minimum atomic E-state index is -1.44. The SMILES string of the molecule is CC(CO)c1c(F)c(F)c(Cl)c(F)c1Br. The molecule has 1 unspecified atom stereocenters. The van der Waals surface area contributed by atoms with E-state index in [1.54, 1.807) is 0 Å². The third-order valence-corrected chi connectivity index (χ3v) is 3.12. The molecule has 0 aliphatic rings. The summed E-state index contributed by atoms with van der Waals surface area (Å²) >= 11 is 8.01. The summed E-state index contributed by atoms with van der Waals surface area (Å²) in [5.74, 6) is -4.46. The van der Waals surface area contributed by atoms with Crippen LogP contribution in [0, 0.1) is 17.5 Å². The van der Waals surface area contributed by atoms with Crippen molar-refractivity contribution in [2.24, 2.45) is 0 Å². The first-order valence-corrected chi connectivity index (χ1v) is 5.21. The second-order valence-corrected chi connectivity index (χ2v) is 4.24. The summed E-state index contributed by atoms with van der Waals surface area (Å²) in [6, 6.07) is 0. The summed E-state index contributed by atoms with van der Waals surface area (Å²) in [5.41, 5.74) is -0.253. The van der Waals surface area contributed by atoms with Crippen LogP contribution >= 0.6 is 27.5 Å². The van der Waals surface area contributed by atoms with Gasteiger partial charge in [0.15, 0.2) is 17.5 Å². The van der Waals surface area contributed by atoms with Crippen molar-refractivity contribution in [3.8, 4) is 0 Å². The minimum Gasteiger partial charge on any atom is -0.396 e. The highest BCUT2D eigenvalue weighted by molar-refractivity contribution is 9.10. The van der Waals surface area contributed by atoms with E-state index in [4.69, 9.17) is 16.7 Å². The number of halogens is 5. The van der Waals surface area contributed by atoms with Crippen molar-refractivity contribution in [1.82, 2.24) is 0 Å². The molecule has 1 nitrogen and oxygen atoms in total. The molecule has 0 aliphatic carbocycles. The molecule has 1 N–H and O–H groups in total. The number of rotatable bonds is 2. The zero-order chi connectivity index (χ0) is 11.7. The Kier molecular flexibility index (Phi) is 4.03. The second-order valence-electron chi connectivity index (χ2n) is 3.07. The maximum Gasteiger partial charge on any atom is 0.180 e. The molecule has 0 heterocycles. The molecule has 0 fully saturated rings. The van der Waals surface area contributed by atoms with Crippen molar-refractivity contribution >= 4 is 27.5 Å². The largest absolute Gasteiger partial charge is 0.396 e. The van der Waals surface area contributed by atoms with E-state index in [9.17, 15) is 13.2 Å². The summed E-state index contributed by atoms with van der Waals surface area (Å²) in [4.78, 5) is 0. The highest BCUT2D eigenvalue weighted by Gasteiger charge is 2.25. The van der Waals surface area contributed by atoms with Crippen LogP contribution in [0.25, 0.3) is 0 Å². The van der Waals surface area contributed by atoms with Gasteiger partial charge in [0.25, 0.3) is 0 Å². The first-order valence-electron chi connectivity index (χ1n) is 4.04. The van der Waals surface area contributed by atoms with Gasteiger partial charge in [-0.2, -0.15) is 0 Å². The Morgan fingerprint density at radius 2 is 1.80 bits per heavy atom. The van der Waals surface area contributed by atoms with Gasteiger partial charge in [-0.3, -0.25) is 0 Å². The predicted molar refractivity (Wildman–Crippen MR) is 54.5 cm³/mol. The first kappa shape index (κ1) is 12.8. The molecule has 6 heteroatoms. The Labute approximate surface area is 98.0 Å². The molecule has 1 aromatic carbocycles. The number of aliphatic hydroxyl groups excluding tert-OH is 1. The van der Waals surface area contributed by atoms with Crippen molar-refractivity contribution in [2.45, 2.75) is 12.8 Å². The molecule has 0 amide bonds. The molecule has 0 radical (unpaired) electrons. The van der Waals surface area contributed by atoms with Crippen LogP contribution in [-0.4, -0.2) is 11.7 Å². The number of hydrogen-bond donors (Lipinski definition) is 1. The van der Waals surface area contributed by atoms with Gasteiger partial charge >= 0.3 is 0 Å². The Morgan fingerprint density at radius 1 is 1.27 bits per heavy atom. The lowest BCUT2D eigenvalue weighted by Gasteiger charge is -2.14. The lowest BCUT2D eigenvalue weighted by Crippen LogP contribution is -2.07. The fourth-order valence-corrected chi connectivity index (χ4v) is 2.20. The molecule has 84 valence electrons. The van der Waals surface area contributed by atoms with Crippen molar-refractivity contribution in [3.05, 3.63) is 32.5 Å². The zero-order valence-corrected chi connectivity index (χ0v) is 9.96. The molecule has 1 atom stereocenters. The Bertz CT molecular complexity index is 368. The van der Waals surface area contributed by atoms with E-state index in [0.717, 1.165) is 0 Å².